The number of nitrogens with zero attached hydrogens (tertiary/aromatic N) is 2. The topological polar surface area (TPSA) is 71.2 Å². The Bertz CT molecular complexity index is 684. The highest BCUT2D eigenvalue weighted by Gasteiger charge is 2.08. The van der Waals surface area contributed by atoms with Crippen molar-refractivity contribution in [3.05, 3.63) is 35.9 Å². The second kappa shape index (κ2) is 6.49. The molecule has 0 aliphatic heterocycles. The van der Waals surface area contributed by atoms with Crippen LogP contribution in [0.15, 0.2) is 30.3 Å². The van der Waals surface area contributed by atoms with Crippen LogP contribution in [0.3, 0.4) is 0 Å². The number of hydrogen-bond acceptors (Lipinski definition) is 4. The molecule has 0 unspecified atom stereocenters. The molecule has 0 saturated heterocycles. The minimum atomic E-state index is 0.0675. The van der Waals surface area contributed by atoms with Crippen molar-refractivity contribution in [1.29, 1.82) is 0 Å². The number of hydrogen-bond donors (Lipinski definition) is 2. The highest BCUT2D eigenvalue weighted by atomic mass is 32.1. The fourth-order valence-electron chi connectivity index (χ4n) is 1.99. The monoisotopic (exact) mass is 302 g/mol. The van der Waals surface area contributed by atoms with E-state index in [1.807, 2.05) is 30.3 Å². The Kier molecular flexibility index (Phi) is 4.70. The number of carbonyl (C=O) groups excluding carboxylic acids is 1. The molecule has 0 spiro atoms. The zero-order chi connectivity index (χ0) is 15.4. The van der Waals surface area contributed by atoms with Crippen LogP contribution in [0.4, 0.5) is 5.82 Å². The average Bonchev–Trinajstić information content (AvgIpc) is 2.46. The van der Waals surface area contributed by atoms with Gasteiger partial charge in [-0.1, -0.05) is 30.4 Å². The fraction of sp³-hybridized carbons (Fsp3) is 0.267. The molecule has 110 valence electrons. The summed E-state index contributed by atoms with van der Waals surface area (Å²) in [5.41, 5.74) is 7.39. The third-order valence-electron chi connectivity index (χ3n) is 3.13. The summed E-state index contributed by atoms with van der Waals surface area (Å²) in [6, 6.07) is 9.51. The lowest BCUT2D eigenvalue weighted by atomic mass is 10.1. The van der Waals surface area contributed by atoms with Gasteiger partial charge in [-0.25, -0.2) is 4.98 Å². The molecule has 1 amide bonds. The maximum atomic E-state index is 11.5. The Morgan fingerprint density at radius 2 is 2.10 bits per heavy atom. The molecule has 0 radical (unpaired) electrons. The van der Waals surface area contributed by atoms with Gasteiger partial charge >= 0.3 is 0 Å². The summed E-state index contributed by atoms with van der Waals surface area (Å²) in [4.78, 5) is 18.0. The number of aromatic nitrogens is 1. The van der Waals surface area contributed by atoms with Gasteiger partial charge in [0.2, 0.25) is 5.91 Å². The van der Waals surface area contributed by atoms with Gasteiger partial charge in [0.25, 0.3) is 0 Å². The molecular weight excluding hydrogens is 284 g/mol. The van der Waals surface area contributed by atoms with E-state index in [1.165, 1.54) is 0 Å². The molecule has 0 fully saturated rings. The molecule has 1 aromatic carbocycles. The van der Waals surface area contributed by atoms with E-state index in [0.717, 1.165) is 16.5 Å². The predicted molar refractivity (Wildman–Crippen MR) is 89.4 cm³/mol. The van der Waals surface area contributed by atoms with Crippen molar-refractivity contribution in [3.63, 3.8) is 0 Å². The molecule has 0 saturated carbocycles. The first-order valence-electron chi connectivity index (χ1n) is 6.62. The Morgan fingerprint density at radius 3 is 2.76 bits per heavy atom. The molecule has 0 bridgehead atoms. The van der Waals surface area contributed by atoms with Crippen LogP contribution in [0, 0.1) is 0 Å². The van der Waals surface area contributed by atoms with Crippen molar-refractivity contribution in [2.45, 2.75) is 6.42 Å². The number of para-hydroxylation sites is 1. The molecule has 21 heavy (non-hydrogen) atoms. The van der Waals surface area contributed by atoms with Crippen LogP contribution in [0.5, 0.6) is 0 Å². The normalized spacial score (nSPS) is 10.4. The second-order valence-corrected chi connectivity index (χ2v) is 5.34. The summed E-state index contributed by atoms with van der Waals surface area (Å²) in [5.74, 6) is 0.737. The molecule has 2 rings (SSSR count). The van der Waals surface area contributed by atoms with E-state index in [4.69, 9.17) is 18.0 Å². The van der Waals surface area contributed by atoms with Crippen LogP contribution in [-0.2, 0) is 4.79 Å². The number of amides is 1. The summed E-state index contributed by atoms with van der Waals surface area (Å²) in [6.07, 6.45) is 0.407. The first-order valence-corrected chi connectivity index (χ1v) is 7.03. The van der Waals surface area contributed by atoms with Gasteiger partial charge in [0.1, 0.15) is 10.8 Å². The van der Waals surface area contributed by atoms with Gasteiger partial charge in [-0.05, 0) is 12.1 Å². The van der Waals surface area contributed by atoms with Crippen LogP contribution >= 0.6 is 12.2 Å². The zero-order valence-corrected chi connectivity index (χ0v) is 12.9. The van der Waals surface area contributed by atoms with Gasteiger partial charge < -0.3 is 16.0 Å². The second-order valence-electron chi connectivity index (χ2n) is 4.90. The summed E-state index contributed by atoms with van der Waals surface area (Å²) < 4.78 is 0. The number of carbonyl (C=O) groups is 1. The SMILES string of the molecule is CN(C)C(=O)CCNc1cc(C(N)=S)c2ccccc2n1. The largest absolute Gasteiger partial charge is 0.389 e. The van der Waals surface area contributed by atoms with Crippen LogP contribution in [0.25, 0.3) is 10.9 Å². The fourth-order valence-corrected chi connectivity index (χ4v) is 2.16. The summed E-state index contributed by atoms with van der Waals surface area (Å²) >= 11 is 5.10. The van der Waals surface area contributed by atoms with Crippen molar-refractivity contribution >= 4 is 39.8 Å². The van der Waals surface area contributed by atoms with Crippen LogP contribution < -0.4 is 11.1 Å². The van der Waals surface area contributed by atoms with Crippen molar-refractivity contribution in [1.82, 2.24) is 9.88 Å². The minimum absolute atomic E-state index is 0.0675. The van der Waals surface area contributed by atoms with E-state index in [1.54, 1.807) is 19.0 Å². The summed E-state index contributed by atoms with van der Waals surface area (Å²) in [6.45, 7) is 0.513. The standard InChI is InChI=1S/C15H18N4OS/c1-19(2)14(20)7-8-17-13-9-11(15(16)21)10-5-3-4-6-12(10)18-13/h3-6,9H,7-8H2,1-2H3,(H2,16,21)(H,17,18). The third-order valence-corrected chi connectivity index (χ3v) is 3.35. The summed E-state index contributed by atoms with van der Waals surface area (Å²) in [7, 11) is 3.48. The third kappa shape index (κ3) is 3.66. The number of nitrogens with two attached hydrogens (primary N) is 1. The molecular formula is C15H18N4OS. The van der Waals surface area contributed by atoms with E-state index in [0.29, 0.717) is 23.8 Å². The Balaban J connectivity index is 2.21. The Morgan fingerprint density at radius 1 is 1.38 bits per heavy atom. The number of rotatable bonds is 5. The molecule has 0 atom stereocenters. The Hall–Kier alpha value is -2.21. The van der Waals surface area contributed by atoms with Crippen molar-refractivity contribution in [2.75, 3.05) is 26.0 Å². The van der Waals surface area contributed by atoms with Gasteiger partial charge in [0.15, 0.2) is 0 Å². The molecule has 3 N–H and O–H groups in total. The number of anilines is 1. The van der Waals surface area contributed by atoms with Gasteiger partial charge in [-0.3, -0.25) is 4.79 Å². The predicted octanol–water partition coefficient (Wildman–Crippen LogP) is 1.76. The number of nitrogens with one attached hydrogen (secondary N) is 1. The van der Waals surface area contributed by atoms with Crippen LogP contribution in [-0.4, -0.2) is 41.4 Å². The number of fused-ring (bicyclic) bond motifs is 1. The van der Waals surface area contributed by atoms with Gasteiger partial charge in [0, 0.05) is 38.0 Å². The van der Waals surface area contributed by atoms with Crippen molar-refractivity contribution in [2.24, 2.45) is 5.73 Å². The lowest BCUT2D eigenvalue weighted by Gasteiger charge is -2.12. The first kappa shape index (κ1) is 15.2. The van der Waals surface area contributed by atoms with Gasteiger partial charge in [-0.2, -0.15) is 0 Å². The van der Waals surface area contributed by atoms with Crippen LogP contribution in [0.1, 0.15) is 12.0 Å². The Labute approximate surface area is 129 Å². The highest BCUT2D eigenvalue weighted by Crippen LogP contribution is 2.20. The maximum absolute atomic E-state index is 11.5. The van der Waals surface area contributed by atoms with Crippen molar-refractivity contribution in [3.8, 4) is 0 Å². The molecule has 1 heterocycles. The first-order chi connectivity index (χ1) is 9.99. The van der Waals surface area contributed by atoms with E-state index < -0.39 is 0 Å². The van der Waals surface area contributed by atoms with Gasteiger partial charge in [0.05, 0.1) is 5.52 Å². The highest BCUT2D eigenvalue weighted by molar-refractivity contribution is 7.80. The number of pyridine rings is 1. The smallest absolute Gasteiger partial charge is 0.223 e. The maximum Gasteiger partial charge on any atom is 0.223 e. The van der Waals surface area contributed by atoms with E-state index in [-0.39, 0.29) is 5.91 Å². The molecule has 1 aromatic heterocycles. The lowest BCUT2D eigenvalue weighted by Crippen LogP contribution is -2.24. The summed E-state index contributed by atoms with van der Waals surface area (Å²) in [5, 5.41) is 4.07. The molecule has 0 aliphatic carbocycles. The van der Waals surface area contributed by atoms with Crippen molar-refractivity contribution < 1.29 is 4.79 Å². The van der Waals surface area contributed by atoms with E-state index >= 15 is 0 Å². The molecule has 2 aromatic rings. The van der Waals surface area contributed by atoms with E-state index in [2.05, 4.69) is 10.3 Å². The molecule has 0 aliphatic rings. The average molecular weight is 302 g/mol. The minimum Gasteiger partial charge on any atom is -0.389 e. The van der Waals surface area contributed by atoms with Crippen LogP contribution in [0.2, 0.25) is 0 Å². The number of thiocarbonyl (C=S) groups is 1. The molecule has 6 heteroatoms. The van der Waals surface area contributed by atoms with E-state index in [9.17, 15) is 4.79 Å². The van der Waals surface area contributed by atoms with Gasteiger partial charge in [-0.15, -0.1) is 0 Å². The molecule has 5 nitrogen and oxygen atoms in total. The zero-order valence-electron chi connectivity index (χ0n) is 12.1. The quantitative estimate of drug-likeness (QED) is 0.824. The number of benzene rings is 1. The lowest BCUT2D eigenvalue weighted by molar-refractivity contribution is -0.128.